The van der Waals surface area contributed by atoms with E-state index in [0.29, 0.717) is 37.3 Å². The van der Waals surface area contributed by atoms with Gasteiger partial charge in [-0.05, 0) is 57.2 Å². The fourth-order valence-corrected chi connectivity index (χ4v) is 3.27. The molecule has 2 amide bonds. The lowest BCUT2D eigenvalue weighted by Crippen LogP contribution is -2.30. The molecule has 1 aliphatic heterocycles. The van der Waals surface area contributed by atoms with Gasteiger partial charge in [-0.3, -0.25) is 14.4 Å². The molecule has 0 bridgehead atoms. The summed E-state index contributed by atoms with van der Waals surface area (Å²) in [6, 6.07) is 7.10. The molecule has 1 aliphatic carbocycles. The average molecular weight is 372 g/mol. The molecule has 0 spiro atoms. The molecule has 0 atom stereocenters. The van der Waals surface area contributed by atoms with E-state index < -0.39 is 11.4 Å². The minimum atomic E-state index is -1.02. The van der Waals surface area contributed by atoms with Gasteiger partial charge in [-0.25, -0.2) is 9.86 Å². The fraction of sp³-hybridized carbons (Fsp3) is 0.450. The van der Waals surface area contributed by atoms with Crippen LogP contribution in [0.25, 0.3) is 0 Å². The molecule has 27 heavy (non-hydrogen) atoms. The number of nitrogens with zero attached hydrogens (tertiary/aromatic N) is 1. The van der Waals surface area contributed by atoms with Crippen LogP contribution in [0, 0.1) is 5.41 Å². The van der Waals surface area contributed by atoms with Crippen LogP contribution in [0.15, 0.2) is 35.4 Å². The van der Waals surface area contributed by atoms with Gasteiger partial charge < -0.3 is 10.4 Å². The first-order valence-corrected chi connectivity index (χ1v) is 9.08. The Morgan fingerprint density at radius 1 is 1.15 bits per heavy atom. The molecule has 0 saturated carbocycles. The third-order valence-electron chi connectivity index (χ3n) is 4.92. The van der Waals surface area contributed by atoms with Crippen molar-refractivity contribution < 1.29 is 24.3 Å². The summed E-state index contributed by atoms with van der Waals surface area (Å²) in [6.45, 7) is 4.39. The van der Waals surface area contributed by atoms with Crippen LogP contribution in [0.5, 0.6) is 0 Å². The number of rotatable bonds is 5. The highest BCUT2D eigenvalue weighted by atomic mass is 16.7. The van der Waals surface area contributed by atoms with Crippen molar-refractivity contribution in [3.8, 4) is 0 Å². The predicted molar refractivity (Wildman–Crippen MR) is 98.5 cm³/mol. The Bertz CT molecular complexity index is 795. The molecule has 0 aromatic heterocycles. The lowest BCUT2D eigenvalue weighted by Gasteiger charge is -2.18. The van der Waals surface area contributed by atoms with Gasteiger partial charge in [0.2, 0.25) is 0 Å². The van der Waals surface area contributed by atoms with E-state index in [1.54, 1.807) is 12.1 Å². The second-order valence-corrected chi connectivity index (χ2v) is 7.62. The number of benzene rings is 1. The highest BCUT2D eigenvalue weighted by Gasteiger charge is 2.40. The van der Waals surface area contributed by atoms with Gasteiger partial charge in [-0.15, -0.1) is 0 Å². The summed E-state index contributed by atoms with van der Waals surface area (Å²) in [5.41, 5.74) is 1.52. The third-order valence-corrected chi connectivity index (χ3v) is 4.92. The number of nitrogens with one attached hydrogen (secondary N) is 1. The molecule has 1 saturated heterocycles. The second kappa shape index (κ2) is 7.52. The minimum Gasteiger partial charge on any atom is -0.478 e. The molecule has 0 unspecified atom stereocenters. The number of hydrogen-bond acceptors (Lipinski definition) is 4. The zero-order chi connectivity index (χ0) is 19.6. The Kier molecular flexibility index (Phi) is 5.32. The Morgan fingerprint density at radius 2 is 1.78 bits per heavy atom. The molecule has 7 nitrogen and oxygen atoms in total. The molecule has 1 aromatic carbocycles. The maximum absolute atomic E-state index is 12.5. The molecule has 2 N–H and O–H groups in total. The summed E-state index contributed by atoms with van der Waals surface area (Å²) >= 11 is 0. The van der Waals surface area contributed by atoms with Gasteiger partial charge in [0.25, 0.3) is 11.8 Å². The fourth-order valence-electron chi connectivity index (χ4n) is 3.27. The van der Waals surface area contributed by atoms with Crippen molar-refractivity contribution in [1.29, 1.82) is 0 Å². The Morgan fingerprint density at radius 3 is 2.33 bits per heavy atom. The maximum atomic E-state index is 12.5. The number of hydrogen-bond donors (Lipinski definition) is 2. The lowest BCUT2D eigenvalue weighted by molar-refractivity contribution is -0.165. The largest absolute Gasteiger partial charge is 0.478 e. The Balaban J connectivity index is 1.65. The molecule has 3 rings (SSSR count). The van der Waals surface area contributed by atoms with E-state index in [1.165, 1.54) is 5.06 Å². The maximum Gasteiger partial charge on any atom is 0.332 e. The van der Waals surface area contributed by atoms with E-state index in [0.717, 1.165) is 18.4 Å². The van der Waals surface area contributed by atoms with Gasteiger partial charge in [0.05, 0.1) is 18.6 Å². The average Bonchev–Trinajstić information content (AvgIpc) is 2.90. The van der Waals surface area contributed by atoms with E-state index >= 15 is 0 Å². The standard InChI is InChI=1S/C20H24N2O5/c1-20(2)12-27-22(19(20)26)11-13-7-9-14(10-8-13)21-17(23)15-5-3-4-6-16(15)18(24)25/h7-10H,3-6,11-12H2,1-2H3,(H,21,23)(H,24,25). The van der Waals surface area contributed by atoms with Crippen LogP contribution >= 0.6 is 0 Å². The van der Waals surface area contributed by atoms with Gasteiger partial charge >= 0.3 is 5.97 Å². The zero-order valence-corrected chi connectivity index (χ0v) is 15.6. The molecule has 144 valence electrons. The number of carboxylic acids is 1. The van der Waals surface area contributed by atoms with Gasteiger partial charge in [-0.1, -0.05) is 12.1 Å². The van der Waals surface area contributed by atoms with Crippen LogP contribution in [0.4, 0.5) is 5.69 Å². The van der Waals surface area contributed by atoms with Crippen molar-refractivity contribution >= 4 is 23.5 Å². The van der Waals surface area contributed by atoms with Crippen LogP contribution in [0.2, 0.25) is 0 Å². The monoisotopic (exact) mass is 372 g/mol. The first kappa shape index (κ1) is 19.1. The van der Waals surface area contributed by atoms with Crippen LogP contribution in [0.1, 0.15) is 45.1 Å². The van der Waals surface area contributed by atoms with Crippen LogP contribution in [-0.2, 0) is 25.8 Å². The van der Waals surface area contributed by atoms with E-state index in [9.17, 15) is 19.5 Å². The number of anilines is 1. The Hall–Kier alpha value is -2.67. The van der Waals surface area contributed by atoms with Gasteiger partial charge in [0.1, 0.15) is 0 Å². The number of amides is 2. The molecule has 7 heteroatoms. The van der Waals surface area contributed by atoms with E-state index in [1.807, 2.05) is 26.0 Å². The minimum absolute atomic E-state index is 0.0506. The smallest absolute Gasteiger partial charge is 0.332 e. The van der Waals surface area contributed by atoms with E-state index in [-0.39, 0.29) is 17.4 Å². The van der Waals surface area contributed by atoms with Gasteiger partial charge in [0, 0.05) is 16.8 Å². The third kappa shape index (κ3) is 4.19. The van der Waals surface area contributed by atoms with Crippen LogP contribution < -0.4 is 5.32 Å². The predicted octanol–water partition coefficient (Wildman–Crippen LogP) is 2.88. The molecule has 1 heterocycles. The van der Waals surface area contributed by atoms with Crippen molar-refractivity contribution in [2.24, 2.45) is 5.41 Å². The highest BCUT2D eigenvalue weighted by molar-refractivity contribution is 6.08. The second-order valence-electron chi connectivity index (χ2n) is 7.62. The van der Waals surface area contributed by atoms with Crippen LogP contribution in [0.3, 0.4) is 0 Å². The summed E-state index contributed by atoms with van der Waals surface area (Å²) in [5, 5.41) is 13.4. The summed E-state index contributed by atoms with van der Waals surface area (Å²) < 4.78 is 0. The van der Waals surface area contributed by atoms with Crippen molar-refractivity contribution in [3.05, 3.63) is 41.0 Å². The number of carbonyl (C=O) groups is 3. The molecular weight excluding hydrogens is 348 g/mol. The highest BCUT2D eigenvalue weighted by Crippen LogP contribution is 2.29. The quantitative estimate of drug-likeness (QED) is 0.828. The first-order chi connectivity index (χ1) is 12.8. The summed E-state index contributed by atoms with van der Waals surface area (Å²) in [7, 11) is 0. The lowest BCUT2D eigenvalue weighted by atomic mass is 9.91. The molecule has 1 aromatic rings. The molecule has 1 fully saturated rings. The van der Waals surface area contributed by atoms with Gasteiger partial charge in [0.15, 0.2) is 0 Å². The van der Waals surface area contributed by atoms with Crippen molar-refractivity contribution in [2.45, 2.75) is 46.1 Å². The van der Waals surface area contributed by atoms with Crippen molar-refractivity contribution in [1.82, 2.24) is 5.06 Å². The molecular formula is C20H24N2O5. The molecule has 0 radical (unpaired) electrons. The molecule has 2 aliphatic rings. The topological polar surface area (TPSA) is 95.9 Å². The number of carboxylic acid groups (broad SMARTS) is 1. The van der Waals surface area contributed by atoms with E-state index in [2.05, 4.69) is 5.32 Å². The SMILES string of the molecule is CC1(C)CON(Cc2ccc(NC(=O)C3=C(C(=O)O)CCCC3)cc2)C1=O. The number of aliphatic carboxylic acids is 1. The summed E-state index contributed by atoms with van der Waals surface area (Å²) in [4.78, 5) is 41.4. The normalized spacial score (nSPS) is 19.3. The summed E-state index contributed by atoms with van der Waals surface area (Å²) in [5.74, 6) is -1.43. The van der Waals surface area contributed by atoms with Crippen molar-refractivity contribution in [2.75, 3.05) is 11.9 Å². The summed E-state index contributed by atoms with van der Waals surface area (Å²) in [6.07, 6.45) is 2.52. The van der Waals surface area contributed by atoms with Crippen molar-refractivity contribution in [3.63, 3.8) is 0 Å². The number of carbonyl (C=O) groups excluding carboxylic acids is 2. The van der Waals surface area contributed by atoms with E-state index in [4.69, 9.17) is 4.84 Å². The van der Waals surface area contributed by atoms with Gasteiger partial charge in [-0.2, -0.15) is 0 Å². The first-order valence-electron chi connectivity index (χ1n) is 9.08. The van der Waals surface area contributed by atoms with Crippen LogP contribution in [-0.4, -0.2) is 34.6 Å². The number of hydroxylamine groups is 2. The Labute approximate surface area is 157 Å². The zero-order valence-electron chi connectivity index (χ0n) is 15.6.